The van der Waals surface area contributed by atoms with Gasteiger partial charge in [0.05, 0.1) is 6.42 Å². The van der Waals surface area contributed by atoms with Crippen LogP contribution in [0.4, 0.5) is 0 Å². The Labute approximate surface area is 92.5 Å². The first-order valence-electron chi connectivity index (χ1n) is 5.92. The van der Waals surface area contributed by atoms with Gasteiger partial charge in [0.2, 0.25) is 0 Å². The molecule has 3 nitrogen and oxygen atoms in total. The van der Waals surface area contributed by atoms with E-state index >= 15 is 0 Å². The van der Waals surface area contributed by atoms with Crippen molar-refractivity contribution in [2.24, 2.45) is 11.8 Å². The monoisotopic (exact) mass is 213 g/mol. The van der Waals surface area contributed by atoms with Gasteiger partial charge < -0.3 is 10.0 Å². The van der Waals surface area contributed by atoms with Crippen LogP contribution in [0, 0.1) is 11.8 Å². The molecule has 1 fully saturated rings. The molecule has 1 aliphatic carbocycles. The molecule has 0 radical (unpaired) electrons. The average molecular weight is 213 g/mol. The van der Waals surface area contributed by atoms with Gasteiger partial charge in [0, 0.05) is 12.6 Å². The van der Waals surface area contributed by atoms with Gasteiger partial charge in [-0.3, -0.25) is 4.79 Å². The Kier molecular flexibility index (Phi) is 4.58. The first-order chi connectivity index (χ1) is 7.00. The van der Waals surface area contributed by atoms with Crippen molar-refractivity contribution in [3.8, 4) is 0 Å². The molecular weight excluding hydrogens is 190 g/mol. The van der Waals surface area contributed by atoms with Gasteiger partial charge >= 0.3 is 5.97 Å². The minimum atomic E-state index is -0.695. The van der Waals surface area contributed by atoms with E-state index in [1.165, 1.54) is 19.3 Å². The van der Waals surface area contributed by atoms with E-state index in [0.29, 0.717) is 12.6 Å². The molecule has 1 saturated carbocycles. The molecule has 1 rings (SSSR count). The van der Waals surface area contributed by atoms with Gasteiger partial charge in [-0.1, -0.05) is 13.8 Å². The molecule has 15 heavy (non-hydrogen) atoms. The maximum Gasteiger partial charge on any atom is 0.304 e. The summed E-state index contributed by atoms with van der Waals surface area (Å²) in [7, 11) is 2.05. The summed E-state index contributed by atoms with van der Waals surface area (Å²) in [6.07, 6.45) is 3.99. The highest BCUT2D eigenvalue weighted by Crippen LogP contribution is 2.31. The number of aliphatic carboxylic acids is 1. The Morgan fingerprint density at radius 3 is 2.53 bits per heavy atom. The van der Waals surface area contributed by atoms with Crippen LogP contribution >= 0.6 is 0 Å². The Morgan fingerprint density at radius 2 is 2.00 bits per heavy atom. The Morgan fingerprint density at radius 1 is 1.33 bits per heavy atom. The standard InChI is InChI=1S/C12H23NO2/c1-9-4-5-11(8-10(9)2)13(3)7-6-12(14)15/h9-11H,4-8H2,1-3H3,(H,14,15). The average Bonchev–Trinajstić information content (AvgIpc) is 2.18. The second-order valence-electron chi connectivity index (χ2n) is 5.05. The van der Waals surface area contributed by atoms with E-state index in [-0.39, 0.29) is 6.42 Å². The number of rotatable bonds is 4. The summed E-state index contributed by atoms with van der Waals surface area (Å²) in [6.45, 7) is 5.31. The normalized spacial score (nSPS) is 31.9. The predicted octanol–water partition coefficient (Wildman–Crippen LogP) is 2.22. The number of hydrogen-bond donors (Lipinski definition) is 1. The van der Waals surface area contributed by atoms with E-state index in [1.54, 1.807) is 0 Å². The molecule has 0 aliphatic heterocycles. The minimum Gasteiger partial charge on any atom is -0.481 e. The summed E-state index contributed by atoms with van der Waals surface area (Å²) in [5, 5.41) is 8.63. The smallest absolute Gasteiger partial charge is 0.304 e. The lowest BCUT2D eigenvalue weighted by Gasteiger charge is -2.37. The first kappa shape index (κ1) is 12.5. The summed E-state index contributed by atoms with van der Waals surface area (Å²) in [4.78, 5) is 12.7. The quantitative estimate of drug-likeness (QED) is 0.778. The highest BCUT2D eigenvalue weighted by atomic mass is 16.4. The van der Waals surface area contributed by atoms with Crippen LogP contribution in [0.25, 0.3) is 0 Å². The molecule has 3 heteroatoms. The van der Waals surface area contributed by atoms with Gasteiger partial charge in [-0.25, -0.2) is 0 Å². The zero-order valence-electron chi connectivity index (χ0n) is 10.1. The van der Waals surface area contributed by atoms with Gasteiger partial charge in [-0.2, -0.15) is 0 Å². The maximum absolute atomic E-state index is 10.5. The third-order valence-electron chi connectivity index (χ3n) is 3.87. The van der Waals surface area contributed by atoms with Crippen LogP contribution < -0.4 is 0 Å². The van der Waals surface area contributed by atoms with E-state index in [9.17, 15) is 4.79 Å². The van der Waals surface area contributed by atoms with E-state index in [4.69, 9.17) is 5.11 Å². The van der Waals surface area contributed by atoms with E-state index in [1.807, 2.05) is 0 Å². The van der Waals surface area contributed by atoms with Crippen molar-refractivity contribution in [1.29, 1.82) is 0 Å². The highest BCUT2D eigenvalue weighted by molar-refractivity contribution is 5.66. The molecule has 0 aromatic rings. The molecule has 3 unspecified atom stereocenters. The fraction of sp³-hybridized carbons (Fsp3) is 0.917. The Bertz CT molecular complexity index is 218. The molecule has 0 spiro atoms. The zero-order chi connectivity index (χ0) is 11.4. The fourth-order valence-corrected chi connectivity index (χ4v) is 2.37. The first-order valence-corrected chi connectivity index (χ1v) is 5.92. The molecule has 0 bridgehead atoms. The molecule has 0 saturated heterocycles. The molecule has 0 aromatic carbocycles. The third-order valence-corrected chi connectivity index (χ3v) is 3.87. The van der Waals surface area contributed by atoms with E-state index in [0.717, 1.165) is 11.8 Å². The summed E-state index contributed by atoms with van der Waals surface area (Å²) in [5.74, 6) is 0.907. The van der Waals surface area contributed by atoms with E-state index in [2.05, 4.69) is 25.8 Å². The van der Waals surface area contributed by atoms with Crippen molar-refractivity contribution in [2.45, 2.75) is 45.6 Å². The molecule has 0 amide bonds. The fourth-order valence-electron chi connectivity index (χ4n) is 2.37. The zero-order valence-corrected chi connectivity index (χ0v) is 10.1. The van der Waals surface area contributed by atoms with Crippen LogP contribution in [0.1, 0.15) is 39.5 Å². The van der Waals surface area contributed by atoms with Gasteiger partial charge in [-0.05, 0) is 38.1 Å². The van der Waals surface area contributed by atoms with Gasteiger partial charge in [0.15, 0.2) is 0 Å². The molecule has 1 N–H and O–H groups in total. The molecule has 0 heterocycles. The maximum atomic E-state index is 10.5. The second-order valence-corrected chi connectivity index (χ2v) is 5.05. The number of nitrogens with zero attached hydrogens (tertiary/aromatic N) is 1. The number of carbonyl (C=O) groups is 1. The van der Waals surface area contributed by atoms with Crippen molar-refractivity contribution in [3.05, 3.63) is 0 Å². The van der Waals surface area contributed by atoms with Crippen LogP contribution in [0.2, 0.25) is 0 Å². The molecular formula is C12H23NO2. The van der Waals surface area contributed by atoms with Gasteiger partial charge in [0.25, 0.3) is 0 Å². The van der Waals surface area contributed by atoms with Crippen LogP contribution in [0.3, 0.4) is 0 Å². The summed E-state index contributed by atoms with van der Waals surface area (Å²) in [5.41, 5.74) is 0. The van der Waals surface area contributed by atoms with Crippen molar-refractivity contribution < 1.29 is 9.90 Å². The largest absolute Gasteiger partial charge is 0.481 e. The van der Waals surface area contributed by atoms with Crippen molar-refractivity contribution in [2.75, 3.05) is 13.6 Å². The van der Waals surface area contributed by atoms with Crippen LogP contribution in [-0.4, -0.2) is 35.6 Å². The van der Waals surface area contributed by atoms with Gasteiger partial charge in [0.1, 0.15) is 0 Å². The topological polar surface area (TPSA) is 40.5 Å². The summed E-state index contributed by atoms with van der Waals surface area (Å²) < 4.78 is 0. The number of carboxylic acid groups (broad SMARTS) is 1. The summed E-state index contributed by atoms with van der Waals surface area (Å²) in [6, 6.07) is 0.593. The SMILES string of the molecule is CC1CCC(N(C)CCC(=O)O)CC1C. The molecule has 0 aromatic heterocycles. The highest BCUT2D eigenvalue weighted by Gasteiger charge is 2.26. The summed E-state index contributed by atoms with van der Waals surface area (Å²) >= 11 is 0. The Balaban J connectivity index is 2.33. The van der Waals surface area contributed by atoms with Crippen molar-refractivity contribution >= 4 is 5.97 Å². The minimum absolute atomic E-state index is 0.261. The third kappa shape index (κ3) is 3.82. The molecule has 3 atom stereocenters. The van der Waals surface area contributed by atoms with Crippen LogP contribution in [-0.2, 0) is 4.79 Å². The molecule has 88 valence electrons. The van der Waals surface area contributed by atoms with E-state index < -0.39 is 5.97 Å². The Hall–Kier alpha value is -0.570. The second kappa shape index (κ2) is 5.50. The van der Waals surface area contributed by atoms with Crippen LogP contribution in [0.15, 0.2) is 0 Å². The van der Waals surface area contributed by atoms with Gasteiger partial charge in [-0.15, -0.1) is 0 Å². The van der Waals surface area contributed by atoms with Crippen LogP contribution in [0.5, 0.6) is 0 Å². The number of carboxylic acids is 1. The lowest BCUT2D eigenvalue weighted by Crippen LogP contribution is -2.38. The predicted molar refractivity (Wildman–Crippen MR) is 60.8 cm³/mol. The number of hydrogen-bond acceptors (Lipinski definition) is 2. The van der Waals surface area contributed by atoms with Crippen molar-refractivity contribution in [1.82, 2.24) is 4.90 Å². The lowest BCUT2D eigenvalue weighted by molar-refractivity contribution is -0.137. The lowest BCUT2D eigenvalue weighted by atomic mass is 9.78. The van der Waals surface area contributed by atoms with Crippen molar-refractivity contribution in [3.63, 3.8) is 0 Å². The molecule has 1 aliphatic rings.